The number of unbranched alkanes of at least 4 members (excludes halogenated alkanes) is 3. The van der Waals surface area contributed by atoms with E-state index < -0.39 is 5.97 Å². The van der Waals surface area contributed by atoms with Gasteiger partial charge in [-0.2, -0.15) is 0 Å². The molecule has 0 radical (unpaired) electrons. The average Bonchev–Trinajstić information content (AvgIpc) is 2.25. The van der Waals surface area contributed by atoms with Crippen molar-refractivity contribution in [3.63, 3.8) is 0 Å². The Bertz CT molecular complexity index is 216. The lowest BCUT2D eigenvalue weighted by Gasteiger charge is -2.19. The highest BCUT2D eigenvalue weighted by Crippen LogP contribution is 2.05. The number of carbonyl (C=O) groups is 2. The van der Waals surface area contributed by atoms with Crippen LogP contribution in [0.1, 0.15) is 52.4 Å². The third-order valence-corrected chi connectivity index (χ3v) is 2.57. The molecule has 16 heavy (non-hydrogen) atoms. The maximum atomic E-state index is 11.7. The van der Waals surface area contributed by atoms with Crippen molar-refractivity contribution in [3.8, 4) is 0 Å². The summed E-state index contributed by atoms with van der Waals surface area (Å²) in [5.74, 6) is -0.767. The number of hydrogen-bond donors (Lipinski definition) is 1. The van der Waals surface area contributed by atoms with Crippen LogP contribution in [-0.4, -0.2) is 35.0 Å². The molecule has 1 N–H and O–H groups in total. The van der Waals surface area contributed by atoms with Gasteiger partial charge in [0.2, 0.25) is 5.91 Å². The summed E-state index contributed by atoms with van der Waals surface area (Å²) >= 11 is 0. The molecule has 0 saturated heterocycles. The van der Waals surface area contributed by atoms with Crippen LogP contribution in [0.15, 0.2) is 0 Å². The number of amides is 1. The van der Waals surface area contributed by atoms with Gasteiger partial charge in [-0.1, -0.05) is 26.2 Å². The zero-order valence-electron chi connectivity index (χ0n) is 10.4. The molecule has 0 bridgehead atoms. The summed E-state index contributed by atoms with van der Waals surface area (Å²) in [4.78, 5) is 23.7. The number of aliphatic carboxylic acids is 1. The predicted octanol–water partition coefficient (Wildman–Crippen LogP) is 2.28. The van der Waals surface area contributed by atoms with Crippen LogP contribution in [-0.2, 0) is 9.59 Å². The van der Waals surface area contributed by atoms with E-state index in [0.717, 1.165) is 25.7 Å². The van der Waals surface area contributed by atoms with E-state index in [4.69, 9.17) is 5.11 Å². The van der Waals surface area contributed by atoms with Gasteiger partial charge in [0.05, 0.1) is 6.42 Å². The van der Waals surface area contributed by atoms with E-state index >= 15 is 0 Å². The van der Waals surface area contributed by atoms with E-state index in [1.54, 1.807) is 4.90 Å². The standard InChI is InChI=1S/C12H23NO3/c1-3-5-6-7-8-11(14)13(4-2)10-9-12(15)16/h3-10H2,1-2H3,(H,15,16). The Hall–Kier alpha value is -1.06. The van der Waals surface area contributed by atoms with Gasteiger partial charge in [0.1, 0.15) is 0 Å². The summed E-state index contributed by atoms with van der Waals surface area (Å²) in [6.45, 7) is 4.94. The van der Waals surface area contributed by atoms with Crippen LogP contribution < -0.4 is 0 Å². The van der Waals surface area contributed by atoms with Gasteiger partial charge in [0.15, 0.2) is 0 Å². The van der Waals surface area contributed by atoms with Crippen LogP contribution in [0.25, 0.3) is 0 Å². The fourth-order valence-corrected chi connectivity index (χ4v) is 1.55. The van der Waals surface area contributed by atoms with E-state index in [1.165, 1.54) is 0 Å². The lowest BCUT2D eigenvalue weighted by molar-refractivity contribution is -0.138. The van der Waals surface area contributed by atoms with Crippen molar-refractivity contribution in [2.75, 3.05) is 13.1 Å². The second kappa shape index (κ2) is 9.19. The molecule has 0 fully saturated rings. The van der Waals surface area contributed by atoms with E-state index in [1.807, 2.05) is 6.92 Å². The zero-order chi connectivity index (χ0) is 12.4. The molecule has 0 saturated carbocycles. The minimum absolute atomic E-state index is 0.0362. The van der Waals surface area contributed by atoms with E-state index in [-0.39, 0.29) is 12.3 Å². The quantitative estimate of drug-likeness (QED) is 0.617. The first-order valence-corrected chi connectivity index (χ1v) is 6.11. The van der Waals surface area contributed by atoms with Crippen LogP contribution in [0.4, 0.5) is 0 Å². The average molecular weight is 229 g/mol. The van der Waals surface area contributed by atoms with Crippen LogP contribution in [0.5, 0.6) is 0 Å². The van der Waals surface area contributed by atoms with Crippen LogP contribution >= 0.6 is 0 Å². The summed E-state index contributed by atoms with van der Waals surface area (Å²) in [6.07, 6.45) is 4.90. The van der Waals surface area contributed by atoms with Crippen molar-refractivity contribution >= 4 is 11.9 Å². The third kappa shape index (κ3) is 7.26. The van der Waals surface area contributed by atoms with Crippen LogP contribution in [0.2, 0.25) is 0 Å². The largest absolute Gasteiger partial charge is 0.481 e. The Kier molecular flexibility index (Phi) is 8.58. The lowest BCUT2D eigenvalue weighted by Crippen LogP contribution is -2.32. The summed E-state index contributed by atoms with van der Waals surface area (Å²) in [6, 6.07) is 0. The highest BCUT2D eigenvalue weighted by molar-refractivity contribution is 5.76. The summed E-state index contributed by atoms with van der Waals surface area (Å²) in [7, 11) is 0. The highest BCUT2D eigenvalue weighted by Gasteiger charge is 2.12. The Balaban J connectivity index is 3.77. The number of rotatable bonds is 9. The maximum Gasteiger partial charge on any atom is 0.305 e. The molecule has 4 nitrogen and oxygen atoms in total. The molecule has 1 amide bonds. The Morgan fingerprint density at radius 2 is 1.75 bits per heavy atom. The molecule has 0 atom stereocenters. The molecule has 0 spiro atoms. The molecule has 0 unspecified atom stereocenters. The molecular formula is C12H23NO3. The maximum absolute atomic E-state index is 11.7. The summed E-state index contributed by atoms with van der Waals surface area (Å²) in [5.41, 5.74) is 0. The number of hydrogen-bond acceptors (Lipinski definition) is 2. The molecule has 0 aromatic heterocycles. The minimum Gasteiger partial charge on any atom is -0.481 e. The van der Waals surface area contributed by atoms with Gasteiger partial charge in [-0.05, 0) is 13.3 Å². The first-order chi connectivity index (χ1) is 7.61. The normalized spacial score (nSPS) is 10.1. The minimum atomic E-state index is -0.850. The number of carboxylic acid groups (broad SMARTS) is 1. The van der Waals surface area contributed by atoms with Gasteiger partial charge < -0.3 is 10.0 Å². The molecule has 0 aliphatic carbocycles. The topological polar surface area (TPSA) is 57.6 Å². The van der Waals surface area contributed by atoms with Crippen molar-refractivity contribution in [1.29, 1.82) is 0 Å². The van der Waals surface area contributed by atoms with Gasteiger partial charge in [-0.15, -0.1) is 0 Å². The Morgan fingerprint density at radius 1 is 1.06 bits per heavy atom. The smallest absolute Gasteiger partial charge is 0.305 e. The molecule has 94 valence electrons. The van der Waals surface area contributed by atoms with E-state index in [0.29, 0.717) is 19.5 Å². The SMILES string of the molecule is CCCCCCC(=O)N(CC)CCC(=O)O. The zero-order valence-corrected chi connectivity index (χ0v) is 10.4. The van der Waals surface area contributed by atoms with Crippen molar-refractivity contribution in [3.05, 3.63) is 0 Å². The molecule has 0 rings (SSSR count). The van der Waals surface area contributed by atoms with E-state index in [9.17, 15) is 9.59 Å². The van der Waals surface area contributed by atoms with Crippen LogP contribution in [0, 0.1) is 0 Å². The highest BCUT2D eigenvalue weighted by atomic mass is 16.4. The summed E-state index contributed by atoms with van der Waals surface area (Å²) in [5, 5.41) is 8.55. The van der Waals surface area contributed by atoms with Gasteiger partial charge in [0.25, 0.3) is 0 Å². The van der Waals surface area contributed by atoms with Gasteiger partial charge >= 0.3 is 5.97 Å². The fourth-order valence-electron chi connectivity index (χ4n) is 1.55. The Labute approximate surface area is 97.6 Å². The van der Waals surface area contributed by atoms with Gasteiger partial charge in [-0.3, -0.25) is 9.59 Å². The van der Waals surface area contributed by atoms with Crippen molar-refractivity contribution in [1.82, 2.24) is 4.90 Å². The number of carboxylic acids is 1. The molecule has 0 aliphatic rings. The number of nitrogens with zero attached hydrogens (tertiary/aromatic N) is 1. The van der Waals surface area contributed by atoms with Crippen molar-refractivity contribution < 1.29 is 14.7 Å². The fraction of sp³-hybridized carbons (Fsp3) is 0.833. The first kappa shape index (κ1) is 14.9. The van der Waals surface area contributed by atoms with Gasteiger partial charge in [-0.25, -0.2) is 0 Å². The second-order valence-electron chi connectivity index (χ2n) is 3.93. The van der Waals surface area contributed by atoms with Crippen LogP contribution in [0.3, 0.4) is 0 Å². The van der Waals surface area contributed by atoms with Crippen molar-refractivity contribution in [2.45, 2.75) is 52.4 Å². The second-order valence-corrected chi connectivity index (χ2v) is 3.93. The van der Waals surface area contributed by atoms with Gasteiger partial charge in [0, 0.05) is 19.5 Å². The molecule has 0 aromatic rings. The number of carbonyl (C=O) groups excluding carboxylic acids is 1. The first-order valence-electron chi connectivity index (χ1n) is 6.11. The predicted molar refractivity (Wildman–Crippen MR) is 63.3 cm³/mol. The third-order valence-electron chi connectivity index (χ3n) is 2.57. The lowest BCUT2D eigenvalue weighted by atomic mass is 10.1. The van der Waals surface area contributed by atoms with E-state index in [2.05, 4.69) is 6.92 Å². The molecule has 0 heterocycles. The monoisotopic (exact) mass is 229 g/mol. The van der Waals surface area contributed by atoms with Crippen molar-refractivity contribution in [2.24, 2.45) is 0 Å². The molecule has 0 aromatic carbocycles. The molecule has 4 heteroatoms. The molecular weight excluding hydrogens is 206 g/mol. The summed E-state index contributed by atoms with van der Waals surface area (Å²) < 4.78 is 0. The molecule has 0 aliphatic heterocycles. The Morgan fingerprint density at radius 3 is 2.25 bits per heavy atom.